The van der Waals surface area contributed by atoms with E-state index >= 15 is 0 Å². The Labute approximate surface area is 102 Å². The molecule has 0 bridgehead atoms. The van der Waals surface area contributed by atoms with E-state index in [0.717, 1.165) is 18.8 Å². The van der Waals surface area contributed by atoms with E-state index in [-0.39, 0.29) is 11.5 Å². The van der Waals surface area contributed by atoms with Gasteiger partial charge in [-0.2, -0.15) is 0 Å². The predicted molar refractivity (Wildman–Crippen MR) is 68.5 cm³/mol. The fourth-order valence-electron chi connectivity index (χ4n) is 3.28. The summed E-state index contributed by atoms with van der Waals surface area (Å²) in [5.41, 5.74) is 7.25. The van der Waals surface area contributed by atoms with Crippen LogP contribution in [0.3, 0.4) is 0 Å². The van der Waals surface area contributed by atoms with E-state index in [4.69, 9.17) is 5.73 Å². The van der Waals surface area contributed by atoms with Crippen molar-refractivity contribution in [3.63, 3.8) is 0 Å². The lowest BCUT2D eigenvalue weighted by Crippen LogP contribution is -2.57. The minimum atomic E-state index is -0.299. The molecule has 1 spiro atoms. The van der Waals surface area contributed by atoms with Gasteiger partial charge in [-0.15, -0.1) is 0 Å². The lowest BCUT2D eigenvalue weighted by atomic mass is 9.68. The SMILES string of the molecule is Nc1ccc(N2CC3(CCCCC3)C2)cc1F. The van der Waals surface area contributed by atoms with Gasteiger partial charge < -0.3 is 10.6 Å². The Morgan fingerprint density at radius 2 is 1.82 bits per heavy atom. The second-order valence-corrected chi connectivity index (χ2v) is 5.62. The van der Waals surface area contributed by atoms with Crippen LogP contribution >= 0.6 is 0 Å². The van der Waals surface area contributed by atoms with Gasteiger partial charge in [-0.05, 0) is 31.0 Å². The van der Waals surface area contributed by atoms with Crippen LogP contribution in [-0.2, 0) is 0 Å². The molecule has 0 aromatic heterocycles. The van der Waals surface area contributed by atoms with Crippen molar-refractivity contribution >= 4 is 11.4 Å². The van der Waals surface area contributed by atoms with E-state index in [1.165, 1.54) is 32.1 Å². The molecular weight excluding hydrogens is 215 g/mol. The largest absolute Gasteiger partial charge is 0.396 e. The molecule has 1 saturated carbocycles. The summed E-state index contributed by atoms with van der Waals surface area (Å²) in [5, 5.41) is 0. The van der Waals surface area contributed by atoms with Gasteiger partial charge in [0.1, 0.15) is 5.82 Å². The van der Waals surface area contributed by atoms with Crippen molar-refractivity contribution in [2.24, 2.45) is 5.41 Å². The molecule has 0 amide bonds. The van der Waals surface area contributed by atoms with E-state index in [9.17, 15) is 4.39 Å². The zero-order valence-corrected chi connectivity index (χ0v) is 10.1. The minimum absolute atomic E-state index is 0.238. The first-order valence-electron chi connectivity index (χ1n) is 6.49. The topological polar surface area (TPSA) is 29.3 Å². The number of rotatable bonds is 1. The molecule has 1 aromatic carbocycles. The number of anilines is 2. The maximum Gasteiger partial charge on any atom is 0.148 e. The molecule has 1 aromatic rings. The third-order valence-electron chi connectivity index (χ3n) is 4.32. The van der Waals surface area contributed by atoms with Crippen molar-refractivity contribution in [3.05, 3.63) is 24.0 Å². The molecule has 3 rings (SSSR count). The van der Waals surface area contributed by atoms with Gasteiger partial charge in [-0.1, -0.05) is 19.3 Å². The molecule has 1 aliphatic heterocycles. The van der Waals surface area contributed by atoms with Gasteiger partial charge in [0, 0.05) is 24.2 Å². The van der Waals surface area contributed by atoms with Crippen LogP contribution in [0.5, 0.6) is 0 Å². The molecule has 2 aliphatic rings. The van der Waals surface area contributed by atoms with E-state index in [1.54, 1.807) is 12.1 Å². The van der Waals surface area contributed by atoms with Crippen LogP contribution in [0.25, 0.3) is 0 Å². The Morgan fingerprint density at radius 3 is 2.47 bits per heavy atom. The Balaban J connectivity index is 1.70. The molecule has 1 aliphatic carbocycles. The van der Waals surface area contributed by atoms with Crippen molar-refractivity contribution < 1.29 is 4.39 Å². The van der Waals surface area contributed by atoms with Gasteiger partial charge in [-0.3, -0.25) is 0 Å². The van der Waals surface area contributed by atoms with Crippen molar-refractivity contribution in [3.8, 4) is 0 Å². The summed E-state index contributed by atoms with van der Waals surface area (Å²) in [7, 11) is 0. The smallest absolute Gasteiger partial charge is 0.148 e. The fourth-order valence-corrected chi connectivity index (χ4v) is 3.28. The zero-order chi connectivity index (χ0) is 11.9. The minimum Gasteiger partial charge on any atom is -0.396 e. The molecule has 3 heteroatoms. The molecule has 17 heavy (non-hydrogen) atoms. The summed E-state index contributed by atoms with van der Waals surface area (Å²) in [6, 6.07) is 5.15. The van der Waals surface area contributed by atoms with Crippen LogP contribution in [-0.4, -0.2) is 13.1 Å². The monoisotopic (exact) mass is 234 g/mol. The number of hydrogen-bond acceptors (Lipinski definition) is 2. The van der Waals surface area contributed by atoms with Gasteiger partial charge in [0.15, 0.2) is 0 Å². The highest BCUT2D eigenvalue weighted by molar-refractivity contribution is 5.56. The van der Waals surface area contributed by atoms with Crippen LogP contribution in [0.15, 0.2) is 18.2 Å². The van der Waals surface area contributed by atoms with E-state index in [2.05, 4.69) is 4.90 Å². The molecule has 2 N–H and O–H groups in total. The maximum absolute atomic E-state index is 13.4. The Bertz CT molecular complexity index is 416. The third kappa shape index (κ3) is 1.88. The molecule has 2 fully saturated rings. The molecule has 0 atom stereocenters. The summed E-state index contributed by atoms with van der Waals surface area (Å²) in [5.74, 6) is -0.299. The van der Waals surface area contributed by atoms with Crippen molar-refractivity contribution in [1.29, 1.82) is 0 Å². The molecule has 1 heterocycles. The lowest BCUT2D eigenvalue weighted by molar-refractivity contribution is 0.139. The van der Waals surface area contributed by atoms with E-state index < -0.39 is 0 Å². The summed E-state index contributed by atoms with van der Waals surface area (Å²) in [4.78, 5) is 2.27. The van der Waals surface area contributed by atoms with Gasteiger partial charge in [0.05, 0.1) is 5.69 Å². The number of nitrogens with zero attached hydrogens (tertiary/aromatic N) is 1. The van der Waals surface area contributed by atoms with Crippen LogP contribution in [0.1, 0.15) is 32.1 Å². The normalized spacial score (nSPS) is 22.5. The first-order chi connectivity index (χ1) is 8.19. The number of halogens is 1. The first kappa shape index (κ1) is 10.9. The van der Waals surface area contributed by atoms with Crippen LogP contribution in [0, 0.1) is 11.2 Å². The van der Waals surface area contributed by atoms with Crippen LogP contribution < -0.4 is 10.6 Å². The Morgan fingerprint density at radius 1 is 1.12 bits per heavy atom. The highest BCUT2D eigenvalue weighted by Crippen LogP contribution is 2.45. The van der Waals surface area contributed by atoms with Crippen LogP contribution in [0.2, 0.25) is 0 Å². The Hall–Kier alpha value is -1.25. The summed E-state index contributed by atoms with van der Waals surface area (Å²) >= 11 is 0. The maximum atomic E-state index is 13.4. The summed E-state index contributed by atoms with van der Waals surface area (Å²) < 4.78 is 13.4. The van der Waals surface area contributed by atoms with Crippen molar-refractivity contribution in [2.45, 2.75) is 32.1 Å². The van der Waals surface area contributed by atoms with E-state index in [1.807, 2.05) is 6.07 Å². The second kappa shape index (κ2) is 3.90. The van der Waals surface area contributed by atoms with Crippen LogP contribution in [0.4, 0.5) is 15.8 Å². The summed E-state index contributed by atoms with van der Waals surface area (Å²) in [6.07, 6.45) is 6.81. The van der Waals surface area contributed by atoms with Crippen molar-refractivity contribution in [2.75, 3.05) is 23.7 Å². The molecule has 0 unspecified atom stereocenters. The number of hydrogen-bond donors (Lipinski definition) is 1. The Kier molecular flexibility index (Phi) is 2.49. The summed E-state index contributed by atoms with van der Waals surface area (Å²) in [6.45, 7) is 2.19. The van der Waals surface area contributed by atoms with Gasteiger partial charge in [0.25, 0.3) is 0 Å². The van der Waals surface area contributed by atoms with Gasteiger partial charge >= 0.3 is 0 Å². The second-order valence-electron chi connectivity index (χ2n) is 5.62. The average molecular weight is 234 g/mol. The molecule has 0 radical (unpaired) electrons. The number of benzene rings is 1. The fraction of sp³-hybridized carbons (Fsp3) is 0.571. The van der Waals surface area contributed by atoms with E-state index in [0.29, 0.717) is 5.41 Å². The first-order valence-corrected chi connectivity index (χ1v) is 6.49. The average Bonchev–Trinajstić information content (AvgIpc) is 2.31. The zero-order valence-electron chi connectivity index (χ0n) is 10.1. The van der Waals surface area contributed by atoms with Crippen molar-refractivity contribution in [1.82, 2.24) is 0 Å². The third-order valence-corrected chi connectivity index (χ3v) is 4.32. The number of nitrogens with two attached hydrogens (primary N) is 1. The number of nitrogen functional groups attached to an aromatic ring is 1. The quantitative estimate of drug-likeness (QED) is 0.756. The highest BCUT2D eigenvalue weighted by atomic mass is 19.1. The molecule has 1 saturated heterocycles. The predicted octanol–water partition coefficient (Wildman–Crippen LogP) is 3.18. The highest BCUT2D eigenvalue weighted by Gasteiger charge is 2.43. The lowest BCUT2D eigenvalue weighted by Gasteiger charge is -2.53. The standard InChI is InChI=1S/C14H19FN2/c15-12-8-11(4-5-13(12)16)17-9-14(10-17)6-2-1-3-7-14/h4-5,8H,1-3,6-7,9-10,16H2. The molecule has 92 valence electrons. The van der Waals surface area contributed by atoms with Gasteiger partial charge in [0.2, 0.25) is 0 Å². The van der Waals surface area contributed by atoms with Gasteiger partial charge in [-0.25, -0.2) is 4.39 Å². The molecular formula is C14H19FN2. The molecule has 2 nitrogen and oxygen atoms in total.